The van der Waals surface area contributed by atoms with Crippen molar-refractivity contribution in [2.24, 2.45) is 22.8 Å². The van der Waals surface area contributed by atoms with Crippen LogP contribution in [0.2, 0.25) is 0 Å². The van der Waals surface area contributed by atoms with Crippen LogP contribution in [0, 0.1) is 11.3 Å². The van der Waals surface area contributed by atoms with Gasteiger partial charge in [0.25, 0.3) is 5.91 Å². The molecule has 108 valence electrons. The third kappa shape index (κ3) is 1.83. The molecule has 2 heterocycles. The third-order valence-electron chi connectivity index (χ3n) is 4.51. The Bertz CT molecular complexity index is 531. The highest BCUT2D eigenvalue weighted by Gasteiger charge is 2.49. The molecule has 1 fully saturated rings. The number of carbonyl (C=O) groups is 2. The van der Waals surface area contributed by atoms with Gasteiger partial charge in [0.15, 0.2) is 0 Å². The van der Waals surface area contributed by atoms with E-state index in [9.17, 15) is 9.59 Å². The van der Waals surface area contributed by atoms with Crippen LogP contribution in [0.3, 0.4) is 0 Å². The summed E-state index contributed by atoms with van der Waals surface area (Å²) in [5.41, 5.74) is 11.5. The summed E-state index contributed by atoms with van der Waals surface area (Å²) in [7, 11) is 0. The number of amides is 2. The Hall–Kier alpha value is -1.82. The SMILES string of the molecule is NC(=O)C1=CC(C(N)=O)(C2CCOC2)CC2=C1OCC2. The van der Waals surface area contributed by atoms with E-state index >= 15 is 0 Å². The molecule has 0 aromatic heterocycles. The lowest BCUT2D eigenvalue weighted by Gasteiger charge is -2.36. The largest absolute Gasteiger partial charge is 0.492 e. The number of primary amides is 2. The molecule has 3 rings (SSSR count). The Labute approximate surface area is 116 Å². The molecule has 2 amide bonds. The predicted molar refractivity (Wildman–Crippen MR) is 70.0 cm³/mol. The van der Waals surface area contributed by atoms with Gasteiger partial charge in [-0.2, -0.15) is 0 Å². The minimum Gasteiger partial charge on any atom is -0.492 e. The molecule has 20 heavy (non-hydrogen) atoms. The number of hydrogen-bond acceptors (Lipinski definition) is 4. The maximum absolute atomic E-state index is 12.1. The van der Waals surface area contributed by atoms with Crippen LogP contribution in [-0.2, 0) is 19.1 Å². The predicted octanol–water partition coefficient (Wildman–Crippen LogP) is -0.0156. The van der Waals surface area contributed by atoms with Crippen LogP contribution >= 0.6 is 0 Å². The van der Waals surface area contributed by atoms with Crippen LogP contribution in [0.1, 0.15) is 19.3 Å². The van der Waals surface area contributed by atoms with Crippen molar-refractivity contribution in [1.29, 1.82) is 0 Å². The lowest BCUT2D eigenvalue weighted by molar-refractivity contribution is -0.128. The zero-order chi connectivity index (χ0) is 14.3. The summed E-state index contributed by atoms with van der Waals surface area (Å²) in [6.45, 7) is 1.61. The van der Waals surface area contributed by atoms with Gasteiger partial charge in [0.05, 0.1) is 24.2 Å². The van der Waals surface area contributed by atoms with Crippen LogP contribution in [0.4, 0.5) is 0 Å². The van der Waals surface area contributed by atoms with Crippen molar-refractivity contribution in [3.8, 4) is 0 Å². The van der Waals surface area contributed by atoms with Gasteiger partial charge >= 0.3 is 0 Å². The fraction of sp³-hybridized carbons (Fsp3) is 0.571. The van der Waals surface area contributed by atoms with E-state index in [0.717, 1.165) is 12.0 Å². The molecule has 3 aliphatic rings. The normalized spacial score (nSPS) is 32.6. The van der Waals surface area contributed by atoms with Crippen LogP contribution in [0.5, 0.6) is 0 Å². The van der Waals surface area contributed by atoms with Crippen molar-refractivity contribution in [3.05, 3.63) is 23.0 Å². The zero-order valence-corrected chi connectivity index (χ0v) is 11.2. The number of carbonyl (C=O) groups excluding carboxylic acids is 2. The molecule has 2 unspecified atom stereocenters. The molecule has 2 atom stereocenters. The molecule has 0 saturated carbocycles. The summed E-state index contributed by atoms with van der Waals surface area (Å²) in [6.07, 6.45) is 3.60. The van der Waals surface area contributed by atoms with Gasteiger partial charge in [-0.05, 0) is 18.4 Å². The minimum atomic E-state index is -0.882. The first-order valence-corrected chi connectivity index (χ1v) is 6.80. The average molecular weight is 278 g/mol. The maximum atomic E-state index is 12.1. The highest BCUT2D eigenvalue weighted by Crippen LogP contribution is 2.48. The minimum absolute atomic E-state index is 0.0102. The van der Waals surface area contributed by atoms with E-state index < -0.39 is 17.2 Å². The van der Waals surface area contributed by atoms with Gasteiger partial charge in [-0.15, -0.1) is 0 Å². The molecule has 1 saturated heterocycles. The number of rotatable bonds is 3. The Kier molecular flexibility index (Phi) is 3.05. The molecule has 0 spiro atoms. The average Bonchev–Trinajstić information content (AvgIpc) is 3.07. The molecule has 0 aromatic carbocycles. The van der Waals surface area contributed by atoms with Crippen LogP contribution < -0.4 is 11.5 Å². The summed E-state index contributed by atoms with van der Waals surface area (Å²) in [5, 5.41) is 0. The lowest BCUT2D eigenvalue weighted by atomic mass is 9.66. The molecule has 0 radical (unpaired) electrons. The van der Waals surface area contributed by atoms with E-state index in [1.165, 1.54) is 0 Å². The molecule has 6 heteroatoms. The first-order chi connectivity index (χ1) is 9.54. The van der Waals surface area contributed by atoms with Crippen LogP contribution in [-0.4, -0.2) is 31.6 Å². The van der Waals surface area contributed by atoms with Crippen molar-refractivity contribution >= 4 is 11.8 Å². The number of ether oxygens (including phenoxy) is 2. The summed E-state index contributed by atoms with van der Waals surface area (Å²) < 4.78 is 10.9. The fourth-order valence-electron chi connectivity index (χ4n) is 3.40. The number of nitrogens with two attached hydrogens (primary N) is 2. The maximum Gasteiger partial charge on any atom is 0.252 e. The third-order valence-corrected chi connectivity index (χ3v) is 4.51. The second-order valence-corrected chi connectivity index (χ2v) is 5.60. The zero-order valence-electron chi connectivity index (χ0n) is 11.2. The highest BCUT2D eigenvalue weighted by atomic mass is 16.5. The first kappa shape index (κ1) is 13.2. The topological polar surface area (TPSA) is 105 Å². The Morgan fingerprint density at radius 1 is 1.30 bits per heavy atom. The van der Waals surface area contributed by atoms with Crippen molar-refractivity contribution in [2.75, 3.05) is 19.8 Å². The van der Waals surface area contributed by atoms with E-state index in [0.29, 0.717) is 38.4 Å². The summed E-state index contributed by atoms with van der Waals surface area (Å²) in [4.78, 5) is 23.8. The quantitative estimate of drug-likeness (QED) is 0.757. The molecular weight excluding hydrogens is 260 g/mol. The Balaban J connectivity index is 2.07. The fourth-order valence-corrected chi connectivity index (χ4v) is 3.40. The standard InChI is InChI=1S/C14H18N2O4/c15-12(17)10-6-14(13(16)18,9-2-3-19-7-9)5-8-1-4-20-11(8)10/h6,9H,1-5,7H2,(H2,15,17)(H2,16,18). The Morgan fingerprint density at radius 2 is 2.10 bits per heavy atom. The van der Waals surface area contributed by atoms with Gasteiger partial charge in [-0.25, -0.2) is 0 Å². The molecule has 2 aliphatic heterocycles. The Morgan fingerprint density at radius 3 is 2.70 bits per heavy atom. The molecule has 4 N–H and O–H groups in total. The van der Waals surface area contributed by atoms with Crippen molar-refractivity contribution in [3.63, 3.8) is 0 Å². The second kappa shape index (κ2) is 4.63. The van der Waals surface area contributed by atoms with Gasteiger partial charge in [0, 0.05) is 18.9 Å². The van der Waals surface area contributed by atoms with E-state index in [2.05, 4.69) is 0 Å². The molecule has 1 aliphatic carbocycles. The summed E-state index contributed by atoms with van der Waals surface area (Å²) >= 11 is 0. The van der Waals surface area contributed by atoms with Gasteiger partial charge in [-0.1, -0.05) is 6.08 Å². The second-order valence-electron chi connectivity index (χ2n) is 5.60. The van der Waals surface area contributed by atoms with Gasteiger partial charge in [0.2, 0.25) is 5.91 Å². The lowest BCUT2D eigenvalue weighted by Crippen LogP contribution is -2.45. The number of hydrogen-bond donors (Lipinski definition) is 2. The molecular formula is C14H18N2O4. The summed E-state index contributed by atoms with van der Waals surface area (Å²) in [5.74, 6) is -0.467. The molecule has 0 aromatic rings. The van der Waals surface area contributed by atoms with Crippen molar-refractivity contribution in [1.82, 2.24) is 0 Å². The van der Waals surface area contributed by atoms with Crippen LogP contribution in [0.15, 0.2) is 23.0 Å². The van der Waals surface area contributed by atoms with Gasteiger partial charge in [0.1, 0.15) is 5.76 Å². The smallest absolute Gasteiger partial charge is 0.252 e. The van der Waals surface area contributed by atoms with E-state index in [-0.39, 0.29) is 11.5 Å². The van der Waals surface area contributed by atoms with E-state index in [4.69, 9.17) is 20.9 Å². The molecule has 6 nitrogen and oxygen atoms in total. The highest BCUT2D eigenvalue weighted by molar-refractivity contribution is 5.99. The van der Waals surface area contributed by atoms with Crippen LogP contribution in [0.25, 0.3) is 0 Å². The summed E-state index contributed by atoms with van der Waals surface area (Å²) in [6, 6.07) is 0. The van der Waals surface area contributed by atoms with E-state index in [1.54, 1.807) is 6.08 Å². The first-order valence-electron chi connectivity index (χ1n) is 6.80. The monoisotopic (exact) mass is 278 g/mol. The van der Waals surface area contributed by atoms with E-state index in [1.807, 2.05) is 0 Å². The van der Waals surface area contributed by atoms with Gasteiger partial charge < -0.3 is 20.9 Å². The van der Waals surface area contributed by atoms with Gasteiger partial charge in [-0.3, -0.25) is 9.59 Å². The van der Waals surface area contributed by atoms with Crippen molar-refractivity contribution < 1.29 is 19.1 Å². The van der Waals surface area contributed by atoms with Crippen molar-refractivity contribution in [2.45, 2.75) is 19.3 Å². The molecule has 0 bridgehead atoms.